The predicted molar refractivity (Wildman–Crippen MR) is 65.0 cm³/mol. The number of urea groups is 1. The first kappa shape index (κ1) is 14.0. The lowest BCUT2D eigenvalue weighted by atomic mass is 10.2. The van der Waals surface area contributed by atoms with Gasteiger partial charge in [0.15, 0.2) is 0 Å². The van der Waals surface area contributed by atoms with Crippen LogP contribution in [0.4, 0.5) is 14.9 Å². The third kappa shape index (κ3) is 4.04. The molecule has 1 aromatic rings. The molecule has 0 saturated heterocycles. The van der Waals surface area contributed by atoms with Gasteiger partial charge >= 0.3 is 12.0 Å². The predicted octanol–water partition coefficient (Wildman–Crippen LogP) is 2.12. The number of carbonyl (C=O) groups is 2. The van der Waals surface area contributed by atoms with Crippen LogP contribution in [0.2, 0.25) is 0 Å². The monoisotopic (exact) mass is 254 g/mol. The van der Waals surface area contributed by atoms with Crippen molar-refractivity contribution in [2.24, 2.45) is 0 Å². The molecule has 0 fully saturated rings. The van der Waals surface area contributed by atoms with E-state index in [4.69, 9.17) is 5.11 Å². The number of benzene rings is 1. The van der Waals surface area contributed by atoms with Gasteiger partial charge in [0.2, 0.25) is 0 Å². The number of hydrogen-bond acceptors (Lipinski definition) is 2. The summed E-state index contributed by atoms with van der Waals surface area (Å²) in [6, 6.07) is 3.29. The smallest absolute Gasteiger partial charge is 0.319 e. The van der Waals surface area contributed by atoms with Gasteiger partial charge in [-0.2, -0.15) is 0 Å². The molecule has 1 unspecified atom stereocenters. The van der Waals surface area contributed by atoms with Crippen LogP contribution in [0.5, 0.6) is 0 Å². The number of anilines is 1. The van der Waals surface area contributed by atoms with Crippen LogP contribution in [0.1, 0.15) is 18.9 Å². The fourth-order valence-electron chi connectivity index (χ4n) is 1.44. The molecular weight excluding hydrogens is 239 g/mol. The lowest BCUT2D eigenvalue weighted by molar-refractivity contribution is -0.137. The van der Waals surface area contributed by atoms with Crippen molar-refractivity contribution in [2.75, 3.05) is 5.32 Å². The van der Waals surface area contributed by atoms with Gasteiger partial charge in [0.25, 0.3) is 0 Å². The van der Waals surface area contributed by atoms with Gasteiger partial charge in [0.05, 0.1) is 6.42 Å². The molecule has 0 aliphatic rings. The van der Waals surface area contributed by atoms with E-state index >= 15 is 0 Å². The second kappa shape index (κ2) is 6.00. The number of carbonyl (C=O) groups excluding carboxylic acids is 1. The number of hydrogen-bond donors (Lipinski definition) is 3. The van der Waals surface area contributed by atoms with Crippen molar-refractivity contribution in [1.29, 1.82) is 0 Å². The minimum atomic E-state index is -0.996. The fraction of sp³-hybridized carbons (Fsp3) is 0.333. The van der Waals surface area contributed by atoms with Crippen molar-refractivity contribution in [1.82, 2.24) is 5.32 Å². The van der Waals surface area contributed by atoms with E-state index in [1.54, 1.807) is 19.9 Å². The summed E-state index contributed by atoms with van der Waals surface area (Å²) in [5.74, 6) is -1.41. The lowest BCUT2D eigenvalue weighted by Gasteiger charge is -2.14. The number of nitrogens with one attached hydrogen (secondary N) is 2. The summed E-state index contributed by atoms with van der Waals surface area (Å²) in [4.78, 5) is 22.0. The zero-order valence-corrected chi connectivity index (χ0v) is 10.2. The van der Waals surface area contributed by atoms with E-state index in [-0.39, 0.29) is 6.42 Å². The second-order valence-corrected chi connectivity index (χ2v) is 4.01. The Balaban J connectivity index is 2.59. The molecule has 18 heavy (non-hydrogen) atoms. The molecule has 3 N–H and O–H groups in total. The molecule has 1 rings (SSSR count). The first-order valence-corrected chi connectivity index (χ1v) is 5.44. The highest BCUT2D eigenvalue weighted by atomic mass is 19.1. The topological polar surface area (TPSA) is 78.4 Å². The lowest BCUT2D eigenvalue weighted by Crippen LogP contribution is -2.37. The normalized spacial score (nSPS) is 11.7. The van der Waals surface area contributed by atoms with Gasteiger partial charge in [0, 0.05) is 17.3 Å². The number of rotatable bonds is 4. The molecule has 1 aromatic carbocycles. The minimum absolute atomic E-state index is 0.171. The van der Waals surface area contributed by atoms with Crippen molar-refractivity contribution < 1.29 is 19.1 Å². The maximum absolute atomic E-state index is 13.2. The van der Waals surface area contributed by atoms with Gasteiger partial charge in [0.1, 0.15) is 5.82 Å². The van der Waals surface area contributed by atoms with Crippen molar-refractivity contribution in [3.63, 3.8) is 0 Å². The van der Waals surface area contributed by atoms with Crippen LogP contribution >= 0.6 is 0 Å². The largest absolute Gasteiger partial charge is 0.481 e. The van der Waals surface area contributed by atoms with Crippen LogP contribution < -0.4 is 10.6 Å². The Hall–Kier alpha value is -2.11. The van der Waals surface area contributed by atoms with Crippen LogP contribution in [-0.4, -0.2) is 23.1 Å². The van der Waals surface area contributed by atoms with E-state index in [0.717, 1.165) is 0 Å². The van der Waals surface area contributed by atoms with Crippen molar-refractivity contribution >= 4 is 17.7 Å². The SMILES string of the molecule is Cc1c(F)cccc1NC(=O)NC(C)CC(=O)O. The summed E-state index contributed by atoms with van der Waals surface area (Å²) < 4.78 is 13.2. The summed E-state index contributed by atoms with van der Waals surface area (Å²) >= 11 is 0. The van der Waals surface area contributed by atoms with Gasteiger partial charge in [-0.1, -0.05) is 6.07 Å². The number of halogens is 1. The number of aliphatic carboxylic acids is 1. The average molecular weight is 254 g/mol. The van der Waals surface area contributed by atoms with E-state index in [0.29, 0.717) is 11.3 Å². The van der Waals surface area contributed by atoms with Gasteiger partial charge < -0.3 is 15.7 Å². The molecule has 0 spiro atoms. The second-order valence-electron chi connectivity index (χ2n) is 4.01. The first-order valence-electron chi connectivity index (χ1n) is 5.44. The highest BCUT2D eigenvalue weighted by Crippen LogP contribution is 2.17. The fourth-order valence-corrected chi connectivity index (χ4v) is 1.44. The summed E-state index contributed by atoms with van der Waals surface area (Å²) in [5.41, 5.74) is 0.688. The molecule has 0 aliphatic heterocycles. The number of carboxylic acids is 1. The van der Waals surface area contributed by atoms with Crippen molar-refractivity contribution in [3.05, 3.63) is 29.6 Å². The van der Waals surface area contributed by atoms with Crippen molar-refractivity contribution in [3.8, 4) is 0 Å². The Morgan fingerprint density at radius 2 is 2.11 bits per heavy atom. The average Bonchev–Trinajstić information content (AvgIpc) is 2.23. The Bertz CT molecular complexity index is 463. The quantitative estimate of drug-likeness (QED) is 0.770. The number of amides is 2. The molecule has 5 nitrogen and oxygen atoms in total. The van der Waals surface area contributed by atoms with E-state index in [9.17, 15) is 14.0 Å². The maximum Gasteiger partial charge on any atom is 0.319 e. The molecular formula is C12H15FN2O3. The third-order valence-corrected chi connectivity index (χ3v) is 2.37. The van der Waals surface area contributed by atoms with Gasteiger partial charge in [-0.05, 0) is 26.0 Å². The Morgan fingerprint density at radius 3 is 2.72 bits per heavy atom. The van der Waals surface area contributed by atoms with Crippen LogP contribution in [0.3, 0.4) is 0 Å². The summed E-state index contributed by atoms with van der Waals surface area (Å²) in [6.45, 7) is 3.12. The molecule has 0 heterocycles. The summed E-state index contributed by atoms with van der Waals surface area (Å²) in [5, 5.41) is 13.5. The number of carboxylic acid groups (broad SMARTS) is 1. The van der Waals surface area contributed by atoms with Gasteiger partial charge in [-0.15, -0.1) is 0 Å². The Labute approximate surface area is 104 Å². The molecule has 0 saturated carbocycles. The molecule has 0 aliphatic carbocycles. The summed E-state index contributed by atoms with van der Waals surface area (Å²) in [7, 11) is 0. The maximum atomic E-state index is 13.2. The minimum Gasteiger partial charge on any atom is -0.481 e. The molecule has 0 bridgehead atoms. The van der Waals surface area contributed by atoms with Crippen LogP contribution in [0.25, 0.3) is 0 Å². The molecule has 0 radical (unpaired) electrons. The highest BCUT2D eigenvalue weighted by molar-refractivity contribution is 5.90. The summed E-state index contributed by atoms with van der Waals surface area (Å²) in [6.07, 6.45) is -0.171. The highest BCUT2D eigenvalue weighted by Gasteiger charge is 2.12. The molecule has 0 aromatic heterocycles. The van der Waals surface area contributed by atoms with E-state index < -0.39 is 23.9 Å². The zero-order chi connectivity index (χ0) is 13.7. The molecule has 1 atom stereocenters. The first-order chi connectivity index (χ1) is 8.40. The van der Waals surface area contributed by atoms with Crippen LogP contribution in [0.15, 0.2) is 18.2 Å². The van der Waals surface area contributed by atoms with Crippen LogP contribution in [0, 0.1) is 12.7 Å². The van der Waals surface area contributed by atoms with E-state index in [1.807, 2.05) is 0 Å². The standard InChI is InChI=1S/C12H15FN2O3/c1-7(6-11(16)17)14-12(18)15-10-5-3-4-9(13)8(10)2/h3-5,7H,6H2,1-2H3,(H,16,17)(H2,14,15,18). The molecule has 98 valence electrons. The van der Waals surface area contributed by atoms with Gasteiger partial charge in [-0.3, -0.25) is 4.79 Å². The Kier molecular flexibility index (Phi) is 4.65. The van der Waals surface area contributed by atoms with E-state index in [2.05, 4.69) is 10.6 Å². The Morgan fingerprint density at radius 1 is 1.44 bits per heavy atom. The molecule has 2 amide bonds. The van der Waals surface area contributed by atoms with Crippen LogP contribution in [-0.2, 0) is 4.79 Å². The molecule has 6 heteroatoms. The van der Waals surface area contributed by atoms with Gasteiger partial charge in [-0.25, -0.2) is 9.18 Å². The van der Waals surface area contributed by atoms with E-state index in [1.165, 1.54) is 12.1 Å². The van der Waals surface area contributed by atoms with Crippen molar-refractivity contribution in [2.45, 2.75) is 26.3 Å². The zero-order valence-electron chi connectivity index (χ0n) is 10.2. The third-order valence-electron chi connectivity index (χ3n) is 2.37.